The summed E-state index contributed by atoms with van der Waals surface area (Å²) in [7, 11) is 0. The van der Waals surface area contributed by atoms with Gasteiger partial charge in [-0.1, -0.05) is 49.7 Å². The van der Waals surface area contributed by atoms with Crippen LogP contribution < -0.4 is 10.1 Å². The first-order valence-electron chi connectivity index (χ1n) is 14.5. The van der Waals surface area contributed by atoms with E-state index in [-0.39, 0.29) is 21.1 Å². The summed E-state index contributed by atoms with van der Waals surface area (Å²) < 4.78 is 26.1. The van der Waals surface area contributed by atoms with Crippen molar-refractivity contribution in [3.8, 4) is 5.82 Å². The molecule has 40 heavy (non-hydrogen) atoms. The van der Waals surface area contributed by atoms with Crippen molar-refractivity contribution in [3.05, 3.63) is 126 Å². The van der Waals surface area contributed by atoms with Gasteiger partial charge in [0.05, 0.1) is 11.1 Å². The minimum Gasteiger partial charge on any atom is -0.319 e. The van der Waals surface area contributed by atoms with Gasteiger partial charge < -0.3 is 4.57 Å². The maximum atomic E-state index is 7.98. The number of pyridine rings is 1. The molecule has 6 heteroatoms. The number of rotatable bonds is 4. The van der Waals surface area contributed by atoms with Crippen LogP contribution in [-0.2, 0) is 26.5 Å². The van der Waals surface area contributed by atoms with Crippen LogP contribution in [0.1, 0.15) is 34.7 Å². The molecule has 1 aliphatic heterocycles. The second-order valence-electron chi connectivity index (χ2n) is 10.5. The Kier molecular flexibility index (Phi) is 5.67. The number of hydroxylamine groups is 1. The minimum absolute atomic E-state index is 0. The van der Waals surface area contributed by atoms with Gasteiger partial charge in [0.15, 0.2) is 0 Å². The summed E-state index contributed by atoms with van der Waals surface area (Å²) in [5.41, 5.74) is 6.55. The van der Waals surface area contributed by atoms with Crippen LogP contribution in [0.15, 0.2) is 97.2 Å². The molecule has 202 valence electrons. The summed E-state index contributed by atoms with van der Waals surface area (Å²) >= 11 is 0. The van der Waals surface area contributed by atoms with Crippen LogP contribution in [0.3, 0.4) is 0 Å². The Bertz CT molecular complexity index is 1980. The Morgan fingerprint density at radius 3 is 2.42 bits per heavy atom. The zero-order valence-corrected chi connectivity index (χ0v) is 24.6. The first-order valence-corrected chi connectivity index (χ1v) is 13.0. The maximum absolute atomic E-state index is 7.98. The van der Waals surface area contributed by atoms with Gasteiger partial charge in [-0.15, -0.1) is 27.6 Å². The number of hydrogen-bond donors (Lipinski definition) is 0. The van der Waals surface area contributed by atoms with Crippen molar-refractivity contribution < 1.29 is 30.1 Å². The van der Waals surface area contributed by atoms with Gasteiger partial charge in [-0.05, 0) is 53.6 Å². The number of para-hydroxylation sites is 3. The van der Waals surface area contributed by atoms with Gasteiger partial charge in [0.1, 0.15) is 17.2 Å². The number of aromatic nitrogens is 2. The van der Waals surface area contributed by atoms with Crippen LogP contribution in [-0.4, -0.2) is 21.5 Å². The number of aryl methyl sites for hydroxylation is 1. The van der Waals surface area contributed by atoms with Crippen molar-refractivity contribution in [1.29, 1.82) is 0 Å². The van der Waals surface area contributed by atoms with E-state index >= 15 is 0 Å². The van der Waals surface area contributed by atoms with Crippen LogP contribution in [0.5, 0.6) is 0 Å². The number of nitrogens with zero attached hydrogens (tertiary/aromatic N) is 4. The van der Waals surface area contributed by atoms with Crippen molar-refractivity contribution in [1.82, 2.24) is 9.55 Å². The molecule has 0 aliphatic carbocycles. The van der Waals surface area contributed by atoms with E-state index in [4.69, 9.17) is 9.10 Å². The molecule has 3 heterocycles. The molecule has 4 aromatic carbocycles. The smallest absolute Gasteiger partial charge is 0.145 e. The molecule has 0 fully saturated rings. The quantitative estimate of drug-likeness (QED) is 0.139. The van der Waals surface area contributed by atoms with Crippen LogP contribution in [0.4, 0.5) is 17.1 Å². The summed E-state index contributed by atoms with van der Waals surface area (Å²) in [4.78, 5) is 9.17. The number of fused-ring (bicyclic) bond motifs is 4. The van der Waals surface area contributed by atoms with Crippen molar-refractivity contribution in [2.75, 3.05) is 17.1 Å². The molecule has 1 N–H and O–H groups in total. The molecule has 1 aliphatic rings. The van der Waals surface area contributed by atoms with Crippen LogP contribution >= 0.6 is 0 Å². The third kappa shape index (κ3) is 4.12. The predicted molar refractivity (Wildman–Crippen MR) is 158 cm³/mol. The van der Waals surface area contributed by atoms with Gasteiger partial charge in [0, 0.05) is 38.5 Å². The maximum Gasteiger partial charge on any atom is 0.145 e. The Hall–Kier alpha value is -3.92. The zero-order chi connectivity index (χ0) is 29.2. The van der Waals surface area contributed by atoms with Crippen LogP contribution in [0.2, 0.25) is 0 Å². The average molecular weight is 708 g/mol. The van der Waals surface area contributed by atoms with E-state index in [1.807, 2.05) is 54.7 Å². The summed E-state index contributed by atoms with van der Waals surface area (Å²) in [6.45, 7) is 3.98. The molecule has 0 saturated carbocycles. The van der Waals surface area contributed by atoms with E-state index in [2.05, 4.69) is 78.8 Å². The molecule has 0 amide bonds. The second-order valence-corrected chi connectivity index (χ2v) is 10.5. The topological polar surface area (TPSA) is 37.1 Å². The molecule has 0 atom stereocenters. The van der Waals surface area contributed by atoms with Crippen molar-refractivity contribution >= 4 is 38.9 Å². The molecule has 0 spiro atoms. The monoisotopic (exact) mass is 707 g/mol. The average Bonchev–Trinajstić information content (AvgIpc) is 3.54. The number of benzene rings is 4. The van der Waals surface area contributed by atoms with E-state index in [1.54, 1.807) is 11.1 Å². The van der Waals surface area contributed by atoms with Gasteiger partial charge in [0.25, 0.3) is 0 Å². The standard InChI is InChI=1S/C34H28N4O.Pt/c1-23-18-19-35-33(20-23)37-29-13-6-5-12-27(29)28-17-16-25(22-32(28)37)34(2,3)24-10-9-11-26(21-24)38-31-15-8-7-14-30(31)36(4)39-38;/h5-20H,1-4H3;/q-2;/p+1/i4D3;. The summed E-state index contributed by atoms with van der Waals surface area (Å²) in [5, 5.41) is 5.00. The van der Waals surface area contributed by atoms with Crippen molar-refractivity contribution in [2.24, 2.45) is 0 Å². The van der Waals surface area contributed by atoms with Gasteiger partial charge in [-0.25, -0.2) is 4.98 Å². The fourth-order valence-corrected chi connectivity index (χ4v) is 5.41. The molecule has 2 aromatic heterocycles. The first kappa shape index (κ1) is 22.8. The molecule has 0 saturated heterocycles. The van der Waals surface area contributed by atoms with Gasteiger partial charge in [0.2, 0.25) is 0 Å². The van der Waals surface area contributed by atoms with Crippen molar-refractivity contribution in [2.45, 2.75) is 26.2 Å². The molecular formula is C34H29N4OPt-. The normalized spacial score (nSPS) is 14.5. The molecule has 5 nitrogen and oxygen atoms in total. The molecule has 0 bridgehead atoms. The summed E-state index contributed by atoms with van der Waals surface area (Å²) in [6, 6.07) is 37.3. The predicted octanol–water partition coefficient (Wildman–Crippen LogP) is 7.84. The fraction of sp³-hybridized carbons (Fsp3) is 0.147. The largest absolute Gasteiger partial charge is 0.319 e. The number of anilines is 3. The zero-order valence-electron chi connectivity index (χ0n) is 25.3. The Labute approximate surface area is 253 Å². The number of hydrogen-bond acceptors (Lipinski definition) is 3. The Balaban J connectivity index is 0.00000329. The summed E-state index contributed by atoms with van der Waals surface area (Å²) in [5.74, 6) is 0.856. The van der Waals surface area contributed by atoms with E-state index in [0.29, 0.717) is 17.1 Å². The molecule has 0 radical (unpaired) electrons. The third-order valence-corrected chi connectivity index (χ3v) is 7.59. The van der Waals surface area contributed by atoms with E-state index in [0.717, 1.165) is 49.4 Å². The van der Waals surface area contributed by atoms with Gasteiger partial charge in [-0.2, -0.15) is 46.4 Å². The molecule has 0 unspecified atom stereocenters. The SMILES string of the molecule is [2H]C([2H])([2H])N1[OH+]N(c2[c-]c(C(C)(C)c3[c-]c4c(cc3)c3ccccc3n4-c3cc(C)ccn3)ccc2)c2ccccc21.[Pt]. The first-order chi connectivity index (χ1) is 20.1. The second kappa shape index (κ2) is 9.92. The fourth-order valence-electron chi connectivity index (χ4n) is 5.41. The third-order valence-electron chi connectivity index (χ3n) is 7.59. The minimum atomic E-state index is -2.41. The molecule has 7 rings (SSSR count). The van der Waals surface area contributed by atoms with Crippen molar-refractivity contribution in [3.63, 3.8) is 0 Å². The van der Waals surface area contributed by atoms with Crippen LogP contribution in [0, 0.1) is 19.1 Å². The van der Waals surface area contributed by atoms with E-state index < -0.39 is 12.4 Å². The Morgan fingerprint density at radius 1 is 0.825 bits per heavy atom. The molecular weight excluding hydrogens is 675 g/mol. The van der Waals surface area contributed by atoms with E-state index in [1.165, 1.54) is 0 Å². The summed E-state index contributed by atoms with van der Waals surface area (Å²) in [6.07, 6.45) is 1.84. The molecule has 6 aromatic rings. The van der Waals surface area contributed by atoms with E-state index in [9.17, 15) is 0 Å². The van der Waals surface area contributed by atoms with Crippen LogP contribution in [0.25, 0.3) is 27.6 Å². The Morgan fingerprint density at radius 2 is 1.60 bits per heavy atom. The van der Waals surface area contributed by atoms with Gasteiger partial charge >= 0.3 is 0 Å². The van der Waals surface area contributed by atoms with Gasteiger partial charge in [-0.3, -0.25) is 0 Å².